The Labute approximate surface area is 194 Å². The maximum Gasteiger partial charge on any atom is 0.335 e. The zero-order valence-electron chi connectivity index (χ0n) is 18.1. The van der Waals surface area contributed by atoms with Crippen molar-refractivity contribution in [3.05, 3.63) is 66.2 Å². The standard InChI is InChI=1S/C21H23N5O6P2/c1-14-23-20(25-16-5-7-18(8-6-16)33(28,29)13-34(30,31)32)19-21(24-14)26(12-22-19)10-9-15-3-2-4-17(27)11-15/h2-8,11-12,27H,9-10,13H2,1H3,(H,28,29)(H,23,24,25)(H2,30,31,32). The third-order valence-corrected chi connectivity index (χ3v) is 9.15. The van der Waals surface area contributed by atoms with E-state index in [4.69, 9.17) is 9.79 Å². The van der Waals surface area contributed by atoms with Gasteiger partial charge in [0.15, 0.2) is 17.0 Å². The molecule has 0 saturated heterocycles. The van der Waals surface area contributed by atoms with Crippen molar-refractivity contribution in [1.82, 2.24) is 19.5 Å². The van der Waals surface area contributed by atoms with Gasteiger partial charge in [0.2, 0.25) is 7.37 Å². The average molecular weight is 503 g/mol. The van der Waals surface area contributed by atoms with Gasteiger partial charge in [0.05, 0.1) is 6.33 Å². The summed E-state index contributed by atoms with van der Waals surface area (Å²) in [6.45, 7) is 2.35. The highest BCUT2D eigenvalue weighted by molar-refractivity contribution is 7.77. The van der Waals surface area contributed by atoms with E-state index >= 15 is 0 Å². The van der Waals surface area contributed by atoms with Crippen molar-refractivity contribution in [2.45, 2.75) is 19.9 Å². The van der Waals surface area contributed by atoms with Crippen LogP contribution in [-0.4, -0.2) is 45.2 Å². The molecule has 0 spiro atoms. The van der Waals surface area contributed by atoms with Gasteiger partial charge in [-0.15, -0.1) is 0 Å². The van der Waals surface area contributed by atoms with E-state index < -0.39 is 20.9 Å². The van der Waals surface area contributed by atoms with Gasteiger partial charge in [-0.2, -0.15) is 0 Å². The number of phenols is 1. The summed E-state index contributed by atoms with van der Waals surface area (Å²) in [5.41, 5.74) is 2.70. The molecule has 13 heteroatoms. The number of benzene rings is 2. The Hall–Kier alpha value is -3.07. The van der Waals surface area contributed by atoms with Crippen molar-refractivity contribution in [2.24, 2.45) is 0 Å². The molecule has 0 aliphatic heterocycles. The third kappa shape index (κ3) is 5.70. The molecule has 34 heavy (non-hydrogen) atoms. The Balaban J connectivity index is 1.55. The topological polar surface area (TPSA) is 171 Å². The van der Waals surface area contributed by atoms with Gasteiger partial charge in [-0.3, -0.25) is 9.13 Å². The van der Waals surface area contributed by atoms with Crippen molar-refractivity contribution in [1.29, 1.82) is 0 Å². The van der Waals surface area contributed by atoms with E-state index in [1.54, 1.807) is 31.5 Å². The Morgan fingerprint density at radius 3 is 2.44 bits per heavy atom. The van der Waals surface area contributed by atoms with E-state index in [1.165, 1.54) is 24.3 Å². The molecule has 0 amide bonds. The maximum absolute atomic E-state index is 12.3. The largest absolute Gasteiger partial charge is 0.508 e. The molecule has 2 aromatic heterocycles. The molecule has 5 N–H and O–H groups in total. The lowest BCUT2D eigenvalue weighted by Crippen LogP contribution is -2.08. The normalized spacial score (nSPS) is 13.6. The first kappa shape index (κ1) is 24.1. The SMILES string of the molecule is Cc1nc(Nc2ccc(P(=O)(O)CP(=O)(O)O)cc2)c2ncn(CCc3cccc(O)c3)c2n1. The molecule has 0 aliphatic rings. The summed E-state index contributed by atoms with van der Waals surface area (Å²) in [4.78, 5) is 41.5. The van der Waals surface area contributed by atoms with Crippen molar-refractivity contribution in [2.75, 3.05) is 11.2 Å². The van der Waals surface area contributed by atoms with Crippen LogP contribution >= 0.6 is 15.0 Å². The number of nitrogens with one attached hydrogen (secondary N) is 1. The second kappa shape index (κ2) is 9.29. The first-order valence-corrected chi connectivity index (χ1v) is 13.9. The quantitative estimate of drug-likeness (QED) is 0.225. The summed E-state index contributed by atoms with van der Waals surface area (Å²) in [6.07, 6.45) is 2.34. The minimum atomic E-state index is -4.65. The molecule has 1 unspecified atom stereocenters. The van der Waals surface area contributed by atoms with Crippen LogP contribution in [0.2, 0.25) is 0 Å². The molecule has 2 heterocycles. The molecule has 0 aliphatic carbocycles. The van der Waals surface area contributed by atoms with Crippen LogP contribution in [0.15, 0.2) is 54.9 Å². The van der Waals surface area contributed by atoms with Crippen LogP contribution in [0.5, 0.6) is 5.75 Å². The number of hydrogen-bond acceptors (Lipinski definition) is 7. The zero-order chi connectivity index (χ0) is 24.5. The smallest absolute Gasteiger partial charge is 0.335 e. The second-order valence-corrected chi connectivity index (χ2v) is 12.2. The number of phenolic OH excluding ortho intramolecular Hbond substituents is 1. The van der Waals surface area contributed by atoms with Crippen LogP contribution in [0.25, 0.3) is 11.2 Å². The van der Waals surface area contributed by atoms with Crippen LogP contribution in [0.4, 0.5) is 11.5 Å². The molecule has 4 aromatic rings. The van der Waals surface area contributed by atoms with E-state index in [1.807, 2.05) is 10.6 Å². The maximum atomic E-state index is 12.3. The molecule has 0 radical (unpaired) electrons. The van der Waals surface area contributed by atoms with E-state index in [0.29, 0.717) is 41.5 Å². The Bertz CT molecular complexity index is 1430. The minimum absolute atomic E-state index is 0.0541. The first-order chi connectivity index (χ1) is 16.0. The molecular weight excluding hydrogens is 480 g/mol. The number of fused-ring (bicyclic) bond motifs is 1. The third-order valence-electron chi connectivity index (χ3n) is 5.04. The number of rotatable bonds is 8. The molecule has 11 nitrogen and oxygen atoms in total. The van der Waals surface area contributed by atoms with Crippen LogP contribution in [0, 0.1) is 6.92 Å². The molecule has 0 saturated carbocycles. The predicted molar refractivity (Wildman–Crippen MR) is 128 cm³/mol. The Morgan fingerprint density at radius 1 is 1.03 bits per heavy atom. The summed E-state index contributed by atoms with van der Waals surface area (Å²) in [5.74, 6) is 0.0716. The van der Waals surface area contributed by atoms with Crippen molar-refractivity contribution >= 4 is 42.9 Å². The van der Waals surface area contributed by atoms with Gasteiger partial charge in [-0.05, 0) is 55.3 Å². The number of aryl methyl sites for hydroxylation is 3. The number of hydrogen-bond donors (Lipinski definition) is 5. The highest BCUT2D eigenvalue weighted by Gasteiger charge is 2.31. The van der Waals surface area contributed by atoms with E-state index in [0.717, 1.165) is 5.56 Å². The number of aromatic nitrogens is 4. The van der Waals surface area contributed by atoms with Crippen LogP contribution < -0.4 is 10.6 Å². The summed E-state index contributed by atoms with van der Waals surface area (Å²) < 4.78 is 25.3. The molecule has 178 valence electrons. The summed E-state index contributed by atoms with van der Waals surface area (Å²) in [7, 11) is -8.84. The van der Waals surface area contributed by atoms with Gasteiger partial charge in [0, 0.05) is 17.5 Å². The van der Waals surface area contributed by atoms with Crippen molar-refractivity contribution < 1.29 is 28.9 Å². The minimum Gasteiger partial charge on any atom is -0.508 e. The molecule has 0 bridgehead atoms. The molecule has 0 fully saturated rings. The summed E-state index contributed by atoms with van der Waals surface area (Å²) >= 11 is 0. The Morgan fingerprint density at radius 2 is 1.76 bits per heavy atom. The zero-order valence-corrected chi connectivity index (χ0v) is 19.9. The van der Waals surface area contributed by atoms with Crippen LogP contribution in [0.1, 0.15) is 11.4 Å². The average Bonchev–Trinajstić information content (AvgIpc) is 3.14. The van der Waals surface area contributed by atoms with Crippen molar-refractivity contribution in [3.8, 4) is 5.75 Å². The van der Waals surface area contributed by atoms with Crippen LogP contribution in [-0.2, 0) is 22.1 Å². The van der Waals surface area contributed by atoms with E-state index in [-0.39, 0.29) is 11.1 Å². The molecule has 4 rings (SSSR count). The van der Waals surface area contributed by atoms with Gasteiger partial charge in [-0.1, -0.05) is 12.1 Å². The number of nitrogens with zero attached hydrogens (tertiary/aromatic N) is 4. The van der Waals surface area contributed by atoms with E-state index in [9.17, 15) is 19.1 Å². The second-order valence-electron chi connectivity index (χ2n) is 7.83. The van der Waals surface area contributed by atoms with Gasteiger partial charge in [-0.25, -0.2) is 15.0 Å². The fraction of sp³-hybridized carbons (Fsp3) is 0.190. The fourth-order valence-corrected chi connectivity index (χ4v) is 6.78. The summed E-state index contributed by atoms with van der Waals surface area (Å²) in [6, 6.07) is 12.8. The first-order valence-electron chi connectivity index (χ1n) is 10.2. The number of aromatic hydroxyl groups is 1. The van der Waals surface area contributed by atoms with Gasteiger partial charge in [0.25, 0.3) is 0 Å². The Kier molecular flexibility index (Phi) is 6.58. The lowest BCUT2D eigenvalue weighted by Gasteiger charge is -2.14. The predicted octanol–water partition coefficient (Wildman–Crippen LogP) is 2.86. The van der Waals surface area contributed by atoms with Gasteiger partial charge < -0.3 is 29.7 Å². The van der Waals surface area contributed by atoms with Crippen molar-refractivity contribution in [3.63, 3.8) is 0 Å². The van der Waals surface area contributed by atoms with E-state index in [2.05, 4.69) is 20.3 Å². The summed E-state index contributed by atoms with van der Waals surface area (Å²) in [5, 5.41) is 12.7. The van der Waals surface area contributed by atoms with Crippen LogP contribution in [0.3, 0.4) is 0 Å². The fourth-order valence-electron chi connectivity index (χ4n) is 3.51. The highest BCUT2D eigenvalue weighted by Crippen LogP contribution is 2.53. The monoisotopic (exact) mass is 503 g/mol. The lowest BCUT2D eigenvalue weighted by atomic mass is 10.1. The van der Waals surface area contributed by atoms with Gasteiger partial charge in [0.1, 0.15) is 17.5 Å². The number of imidazole rings is 1. The molecule has 2 aromatic carbocycles. The molecular formula is C21H23N5O6P2. The van der Waals surface area contributed by atoms with Gasteiger partial charge >= 0.3 is 7.60 Å². The lowest BCUT2D eigenvalue weighted by molar-refractivity contribution is 0.376. The number of anilines is 2. The molecule has 1 atom stereocenters. The highest BCUT2D eigenvalue weighted by atomic mass is 31.2.